The lowest BCUT2D eigenvalue weighted by Gasteiger charge is -2.33. The summed E-state index contributed by atoms with van der Waals surface area (Å²) in [5.74, 6) is -1.35. The number of aliphatic hydroxyl groups excluding tert-OH is 1. The minimum absolute atomic E-state index is 0.0917. The van der Waals surface area contributed by atoms with Crippen LogP contribution in [-0.2, 0) is 14.6 Å². The van der Waals surface area contributed by atoms with E-state index in [9.17, 15) is 18.3 Å². The lowest BCUT2D eigenvalue weighted by Crippen LogP contribution is -2.50. The predicted octanol–water partition coefficient (Wildman–Crippen LogP) is -0.526. The molecule has 7 heteroatoms. The fraction of sp³-hybridized carbons (Fsp3) is 0.909. The number of sulfone groups is 1. The molecule has 2 unspecified atom stereocenters. The monoisotopic (exact) mass is 277 g/mol. The van der Waals surface area contributed by atoms with E-state index in [1.165, 1.54) is 0 Å². The van der Waals surface area contributed by atoms with Gasteiger partial charge in [-0.25, -0.2) is 8.42 Å². The Labute approximate surface area is 107 Å². The second-order valence-corrected chi connectivity index (χ2v) is 7.37. The van der Waals surface area contributed by atoms with Gasteiger partial charge in [0.05, 0.1) is 30.2 Å². The van der Waals surface area contributed by atoms with Gasteiger partial charge < -0.3 is 10.2 Å². The molecular weight excluding hydrogens is 258 g/mol. The van der Waals surface area contributed by atoms with Gasteiger partial charge in [0.15, 0.2) is 9.84 Å². The highest BCUT2D eigenvalue weighted by Crippen LogP contribution is 2.28. The summed E-state index contributed by atoms with van der Waals surface area (Å²) in [6, 6.07) is -0.469. The first-order valence-electron chi connectivity index (χ1n) is 6.25. The first kappa shape index (κ1) is 13.8. The van der Waals surface area contributed by atoms with Crippen LogP contribution in [0.4, 0.5) is 0 Å². The zero-order chi connectivity index (χ0) is 13.3. The van der Waals surface area contributed by atoms with Gasteiger partial charge in [0.25, 0.3) is 0 Å². The van der Waals surface area contributed by atoms with Gasteiger partial charge in [0.2, 0.25) is 0 Å². The molecule has 0 aromatic carbocycles. The molecular formula is C11H19NO5S. The standard InChI is InChI=1S/C11H19NO5S/c13-10-7-18(16,17)6-9(10)12(5-11(14)15)8-3-1-2-4-8/h8-10,13H,1-7H2,(H,14,15). The van der Waals surface area contributed by atoms with Crippen LogP contribution in [0.15, 0.2) is 0 Å². The van der Waals surface area contributed by atoms with Gasteiger partial charge in [-0.3, -0.25) is 9.69 Å². The summed E-state index contributed by atoms with van der Waals surface area (Å²) < 4.78 is 23.0. The molecule has 6 nitrogen and oxygen atoms in total. The summed E-state index contributed by atoms with van der Waals surface area (Å²) in [6.07, 6.45) is 2.88. The number of aliphatic hydroxyl groups is 1. The Balaban J connectivity index is 2.15. The van der Waals surface area contributed by atoms with Gasteiger partial charge in [-0.05, 0) is 12.8 Å². The number of carboxylic acids is 1. The molecule has 2 fully saturated rings. The molecule has 2 N–H and O–H groups in total. The molecule has 1 saturated carbocycles. The van der Waals surface area contributed by atoms with Crippen molar-refractivity contribution >= 4 is 15.8 Å². The van der Waals surface area contributed by atoms with E-state index < -0.39 is 28.0 Å². The highest BCUT2D eigenvalue weighted by atomic mass is 32.2. The van der Waals surface area contributed by atoms with E-state index in [4.69, 9.17) is 5.11 Å². The summed E-state index contributed by atoms with van der Waals surface area (Å²) in [6.45, 7) is -0.193. The number of rotatable bonds is 4. The minimum Gasteiger partial charge on any atom is -0.480 e. The molecule has 2 atom stereocenters. The molecule has 2 aliphatic rings. The number of carboxylic acid groups (broad SMARTS) is 1. The summed E-state index contributed by atoms with van der Waals surface area (Å²) in [7, 11) is -3.24. The van der Waals surface area contributed by atoms with Crippen molar-refractivity contribution in [1.29, 1.82) is 0 Å². The van der Waals surface area contributed by atoms with Crippen molar-refractivity contribution in [2.24, 2.45) is 0 Å². The minimum atomic E-state index is -3.24. The Morgan fingerprint density at radius 3 is 2.28 bits per heavy atom. The number of aliphatic carboxylic acids is 1. The van der Waals surface area contributed by atoms with E-state index >= 15 is 0 Å². The fourth-order valence-corrected chi connectivity index (χ4v) is 4.85. The molecule has 1 heterocycles. The normalized spacial score (nSPS) is 32.1. The Morgan fingerprint density at radius 2 is 1.83 bits per heavy atom. The summed E-state index contributed by atoms with van der Waals surface area (Å²) in [4.78, 5) is 12.6. The Kier molecular flexibility index (Phi) is 3.93. The van der Waals surface area contributed by atoms with Crippen molar-refractivity contribution in [2.45, 2.75) is 43.9 Å². The Hall–Kier alpha value is -0.660. The second-order valence-electron chi connectivity index (χ2n) is 5.22. The van der Waals surface area contributed by atoms with Crippen molar-refractivity contribution in [3.05, 3.63) is 0 Å². The van der Waals surface area contributed by atoms with Crippen LogP contribution in [0.1, 0.15) is 25.7 Å². The smallest absolute Gasteiger partial charge is 0.317 e. The maximum atomic E-state index is 11.5. The van der Waals surface area contributed by atoms with Crippen LogP contribution in [0.5, 0.6) is 0 Å². The van der Waals surface area contributed by atoms with Gasteiger partial charge in [0.1, 0.15) is 0 Å². The highest BCUT2D eigenvalue weighted by Gasteiger charge is 2.43. The first-order chi connectivity index (χ1) is 8.39. The number of carbonyl (C=O) groups is 1. The number of hydrogen-bond donors (Lipinski definition) is 2. The van der Waals surface area contributed by atoms with E-state index in [2.05, 4.69) is 0 Å². The van der Waals surface area contributed by atoms with Crippen LogP contribution in [0.2, 0.25) is 0 Å². The zero-order valence-corrected chi connectivity index (χ0v) is 11.0. The van der Waals surface area contributed by atoms with E-state index in [1.54, 1.807) is 4.90 Å². The molecule has 1 aliphatic carbocycles. The average molecular weight is 277 g/mol. The lowest BCUT2D eigenvalue weighted by atomic mass is 10.1. The maximum absolute atomic E-state index is 11.5. The van der Waals surface area contributed by atoms with Gasteiger partial charge in [-0.1, -0.05) is 12.8 Å². The first-order valence-corrected chi connectivity index (χ1v) is 8.07. The van der Waals surface area contributed by atoms with Crippen LogP contribution in [0, 0.1) is 0 Å². The van der Waals surface area contributed by atoms with Crippen LogP contribution >= 0.6 is 0 Å². The van der Waals surface area contributed by atoms with Crippen LogP contribution in [-0.4, -0.2) is 65.7 Å². The molecule has 0 aromatic rings. The fourth-order valence-electron chi connectivity index (χ4n) is 3.04. The van der Waals surface area contributed by atoms with E-state index in [-0.39, 0.29) is 24.1 Å². The number of hydrogen-bond acceptors (Lipinski definition) is 5. The molecule has 0 aromatic heterocycles. The molecule has 0 bridgehead atoms. The van der Waals surface area contributed by atoms with Crippen LogP contribution < -0.4 is 0 Å². The van der Waals surface area contributed by atoms with Crippen LogP contribution in [0.3, 0.4) is 0 Å². The molecule has 0 radical (unpaired) electrons. The topological polar surface area (TPSA) is 94.9 Å². The molecule has 1 aliphatic heterocycles. The average Bonchev–Trinajstić information content (AvgIpc) is 2.82. The van der Waals surface area contributed by atoms with Gasteiger partial charge in [-0.15, -0.1) is 0 Å². The van der Waals surface area contributed by atoms with Crippen molar-refractivity contribution in [3.63, 3.8) is 0 Å². The molecule has 18 heavy (non-hydrogen) atoms. The summed E-state index contributed by atoms with van der Waals surface area (Å²) in [5.41, 5.74) is 0. The SMILES string of the molecule is O=C(O)CN(C1CCCC1)C1CS(=O)(=O)CC1O. The zero-order valence-electron chi connectivity index (χ0n) is 10.2. The molecule has 104 valence electrons. The third-order valence-corrected chi connectivity index (χ3v) is 5.53. The van der Waals surface area contributed by atoms with Gasteiger partial charge in [-0.2, -0.15) is 0 Å². The Morgan fingerprint density at radius 1 is 1.22 bits per heavy atom. The van der Waals surface area contributed by atoms with Crippen molar-refractivity contribution in [2.75, 3.05) is 18.1 Å². The quantitative estimate of drug-likeness (QED) is 0.717. The van der Waals surface area contributed by atoms with Gasteiger partial charge in [0, 0.05) is 6.04 Å². The largest absolute Gasteiger partial charge is 0.480 e. The molecule has 0 spiro atoms. The van der Waals surface area contributed by atoms with Crippen LogP contribution in [0.25, 0.3) is 0 Å². The molecule has 2 rings (SSSR count). The lowest BCUT2D eigenvalue weighted by molar-refractivity contribution is -0.140. The van der Waals surface area contributed by atoms with E-state index in [0.29, 0.717) is 0 Å². The van der Waals surface area contributed by atoms with Crippen molar-refractivity contribution < 1.29 is 23.4 Å². The molecule has 1 saturated heterocycles. The highest BCUT2D eigenvalue weighted by molar-refractivity contribution is 7.91. The maximum Gasteiger partial charge on any atom is 0.317 e. The number of nitrogens with zero attached hydrogens (tertiary/aromatic N) is 1. The summed E-state index contributed by atoms with van der Waals surface area (Å²) in [5, 5.41) is 18.8. The summed E-state index contributed by atoms with van der Waals surface area (Å²) >= 11 is 0. The van der Waals surface area contributed by atoms with E-state index in [1.807, 2.05) is 0 Å². The predicted molar refractivity (Wildman–Crippen MR) is 65.0 cm³/mol. The van der Waals surface area contributed by atoms with E-state index in [0.717, 1.165) is 25.7 Å². The third kappa shape index (κ3) is 3.02. The van der Waals surface area contributed by atoms with Crippen molar-refractivity contribution in [3.8, 4) is 0 Å². The van der Waals surface area contributed by atoms with Crippen molar-refractivity contribution in [1.82, 2.24) is 4.90 Å². The Bertz CT molecular complexity index is 415. The van der Waals surface area contributed by atoms with Gasteiger partial charge >= 0.3 is 5.97 Å². The third-order valence-electron chi connectivity index (χ3n) is 3.83. The second kappa shape index (κ2) is 5.14. The molecule has 0 amide bonds.